The van der Waals surface area contributed by atoms with Crippen LogP contribution in [0.2, 0.25) is 0 Å². The van der Waals surface area contributed by atoms with Crippen molar-refractivity contribution >= 4 is 9.84 Å². The molecule has 19 heavy (non-hydrogen) atoms. The summed E-state index contributed by atoms with van der Waals surface area (Å²) in [4.78, 5) is 0.0897. The van der Waals surface area contributed by atoms with Gasteiger partial charge in [0.2, 0.25) is 0 Å². The fraction of sp³-hybridized carbons (Fsp3) is 0.333. The number of benzene rings is 1. The zero-order valence-electron chi connectivity index (χ0n) is 10.3. The lowest BCUT2D eigenvalue weighted by Crippen LogP contribution is -2.10. The van der Waals surface area contributed by atoms with Crippen LogP contribution in [0.25, 0.3) is 0 Å². The van der Waals surface area contributed by atoms with Crippen molar-refractivity contribution in [2.45, 2.75) is 4.90 Å². The standard InChI is InChI=1S/C12H16FNO4S/c13-10(5-6-14)9-18-11-1-3-12(4-2-11)19(16,17)8-7-15/h1-5,15H,6-9,14H2/b10-5+. The van der Waals surface area contributed by atoms with Crippen LogP contribution < -0.4 is 10.5 Å². The zero-order valence-corrected chi connectivity index (χ0v) is 11.1. The second kappa shape index (κ2) is 7.22. The molecule has 5 nitrogen and oxygen atoms in total. The molecule has 0 amide bonds. The second-order valence-electron chi connectivity index (χ2n) is 3.69. The Morgan fingerprint density at radius 1 is 1.37 bits per heavy atom. The number of ether oxygens (including phenoxy) is 1. The summed E-state index contributed by atoms with van der Waals surface area (Å²) in [5.41, 5.74) is 5.14. The summed E-state index contributed by atoms with van der Waals surface area (Å²) in [6, 6.07) is 5.57. The third-order valence-electron chi connectivity index (χ3n) is 2.26. The maximum absolute atomic E-state index is 13.0. The van der Waals surface area contributed by atoms with Gasteiger partial charge in [0.1, 0.15) is 18.2 Å². The molecular formula is C12H16FNO4S. The molecule has 7 heteroatoms. The van der Waals surface area contributed by atoms with Crippen molar-refractivity contribution in [3.8, 4) is 5.75 Å². The topological polar surface area (TPSA) is 89.6 Å². The van der Waals surface area contributed by atoms with E-state index in [4.69, 9.17) is 15.6 Å². The molecule has 0 heterocycles. The number of aliphatic hydroxyl groups excluding tert-OH is 1. The van der Waals surface area contributed by atoms with Gasteiger partial charge < -0.3 is 15.6 Å². The van der Waals surface area contributed by atoms with Crippen LogP contribution >= 0.6 is 0 Å². The van der Waals surface area contributed by atoms with Crippen molar-refractivity contribution in [2.75, 3.05) is 25.5 Å². The zero-order chi connectivity index (χ0) is 14.3. The summed E-state index contributed by atoms with van der Waals surface area (Å²) in [6.45, 7) is -0.594. The van der Waals surface area contributed by atoms with Crippen LogP contribution in [0.1, 0.15) is 0 Å². The molecule has 0 aliphatic heterocycles. The van der Waals surface area contributed by atoms with Crippen LogP contribution in [-0.4, -0.2) is 39.0 Å². The number of rotatable bonds is 7. The molecular weight excluding hydrogens is 273 g/mol. The first-order chi connectivity index (χ1) is 8.99. The Morgan fingerprint density at radius 3 is 2.53 bits per heavy atom. The lowest BCUT2D eigenvalue weighted by molar-refractivity contribution is 0.318. The van der Waals surface area contributed by atoms with Gasteiger partial charge in [0.25, 0.3) is 0 Å². The minimum atomic E-state index is -3.47. The second-order valence-corrected chi connectivity index (χ2v) is 5.80. The Bertz CT molecular complexity index is 525. The van der Waals surface area contributed by atoms with Crippen molar-refractivity contribution in [2.24, 2.45) is 5.73 Å². The Morgan fingerprint density at radius 2 is 2.00 bits per heavy atom. The van der Waals surface area contributed by atoms with Crippen LogP contribution in [-0.2, 0) is 9.84 Å². The van der Waals surface area contributed by atoms with E-state index in [1.165, 1.54) is 30.3 Å². The highest BCUT2D eigenvalue weighted by atomic mass is 32.2. The minimum absolute atomic E-state index is 0.0897. The molecule has 0 aliphatic rings. The number of hydrogen-bond donors (Lipinski definition) is 2. The van der Waals surface area contributed by atoms with Gasteiger partial charge in [-0.1, -0.05) is 0 Å². The van der Waals surface area contributed by atoms with Crippen molar-refractivity contribution < 1.29 is 22.7 Å². The lowest BCUT2D eigenvalue weighted by atomic mass is 10.3. The molecule has 0 spiro atoms. The maximum atomic E-state index is 13.0. The lowest BCUT2D eigenvalue weighted by Gasteiger charge is -2.06. The monoisotopic (exact) mass is 289 g/mol. The van der Waals surface area contributed by atoms with E-state index in [-0.39, 0.29) is 23.8 Å². The molecule has 0 saturated heterocycles. The molecule has 0 saturated carbocycles. The van der Waals surface area contributed by atoms with Crippen LogP contribution in [0.4, 0.5) is 4.39 Å². The number of sulfone groups is 1. The third kappa shape index (κ3) is 4.98. The van der Waals surface area contributed by atoms with Gasteiger partial charge in [-0.05, 0) is 30.3 Å². The number of hydrogen-bond acceptors (Lipinski definition) is 5. The summed E-state index contributed by atoms with van der Waals surface area (Å²) in [5, 5.41) is 8.65. The number of halogens is 1. The van der Waals surface area contributed by atoms with Gasteiger partial charge in [-0.15, -0.1) is 0 Å². The van der Waals surface area contributed by atoms with E-state index < -0.39 is 22.3 Å². The molecule has 1 aromatic rings. The average molecular weight is 289 g/mol. The normalized spacial score (nSPS) is 12.5. The Hall–Kier alpha value is -1.44. The molecule has 0 bridgehead atoms. The highest BCUT2D eigenvalue weighted by Crippen LogP contribution is 2.17. The van der Waals surface area contributed by atoms with E-state index >= 15 is 0 Å². The minimum Gasteiger partial charge on any atom is -0.487 e. The van der Waals surface area contributed by atoms with E-state index in [1.807, 2.05) is 0 Å². The van der Waals surface area contributed by atoms with E-state index in [1.54, 1.807) is 0 Å². The van der Waals surface area contributed by atoms with Gasteiger partial charge in [0.15, 0.2) is 9.84 Å². The molecule has 0 radical (unpaired) electrons. The van der Waals surface area contributed by atoms with Crippen molar-refractivity contribution in [3.63, 3.8) is 0 Å². The summed E-state index contributed by atoms with van der Waals surface area (Å²) < 4.78 is 41.3. The highest BCUT2D eigenvalue weighted by Gasteiger charge is 2.13. The average Bonchev–Trinajstić information content (AvgIpc) is 2.37. The quantitative estimate of drug-likeness (QED) is 0.769. The Balaban J connectivity index is 2.70. The van der Waals surface area contributed by atoms with Gasteiger partial charge in [0.05, 0.1) is 17.3 Å². The molecule has 3 N–H and O–H groups in total. The van der Waals surface area contributed by atoms with E-state index in [2.05, 4.69) is 0 Å². The Labute approximate surface area is 111 Å². The molecule has 0 aliphatic carbocycles. The van der Waals surface area contributed by atoms with E-state index in [9.17, 15) is 12.8 Å². The van der Waals surface area contributed by atoms with Crippen molar-refractivity contribution in [1.82, 2.24) is 0 Å². The summed E-state index contributed by atoms with van der Waals surface area (Å²) in [5.74, 6) is -0.468. The van der Waals surface area contributed by atoms with Crippen molar-refractivity contribution in [1.29, 1.82) is 0 Å². The van der Waals surface area contributed by atoms with Gasteiger partial charge in [0, 0.05) is 6.54 Å². The largest absolute Gasteiger partial charge is 0.487 e. The number of aliphatic hydroxyl groups is 1. The van der Waals surface area contributed by atoms with E-state index in [0.29, 0.717) is 5.75 Å². The van der Waals surface area contributed by atoms with E-state index in [0.717, 1.165) is 0 Å². The van der Waals surface area contributed by atoms with Crippen LogP contribution in [0.5, 0.6) is 5.75 Å². The summed E-state index contributed by atoms with van der Waals surface area (Å²) in [7, 11) is -3.47. The summed E-state index contributed by atoms with van der Waals surface area (Å²) in [6.07, 6.45) is 1.19. The predicted molar refractivity (Wildman–Crippen MR) is 69.3 cm³/mol. The molecule has 0 unspecified atom stereocenters. The predicted octanol–water partition coefficient (Wildman–Crippen LogP) is 0.643. The van der Waals surface area contributed by atoms with Gasteiger partial charge in [-0.25, -0.2) is 12.8 Å². The molecule has 0 atom stereocenters. The first kappa shape index (κ1) is 15.6. The first-order valence-electron chi connectivity index (χ1n) is 5.60. The molecule has 106 valence electrons. The third-order valence-corrected chi connectivity index (χ3v) is 3.97. The molecule has 1 aromatic carbocycles. The van der Waals surface area contributed by atoms with Crippen molar-refractivity contribution in [3.05, 3.63) is 36.2 Å². The summed E-state index contributed by atoms with van der Waals surface area (Å²) >= 11 is 0. The van der Waals surface area contributed by atoms with Gasteiger partial charge in [-0.2, -0.15) is 0 Å². The molecule has 0 aromatic heterocycles. The van der Waals surface area contributed by atoms with Gasteiger partial charge >= 0.3 is 0 Å². The number of nitrogens with two attached hydrogens (primary N) is 1. The maximum Gasteiger partial charge on any atom is 0.180 e. The van der Waals surface area contributed by atoms with Gasteiger partial charge in [-0.3, -0.25) is 0 Å². The van der Waals surface area contributed by atoms with Crippen LogP contribution in [0.3, 0.4) is 0 Å². The fourth-order valence-electron chi connectivity index (χ4n) is 1.32. The van der Waals surface area contributed by atoms with Crippen LogP contribution in [0, 0.1) is 0 Å². The van der Waals surface area contributed by atoms with Crippen LogP contribution in [0.15, 0.2) is 41.1 Å². The highest BCUT2D eigenvalue weighted by molar-refractivity contribution is 7.91. The molecule has 1 rings (SSSR count). The fourth-order valence-corrected chi connectivity index (χ4v) is 2.35. The molecule has 0 fully saturated rings. The smallest absolute Gasteiger partial charge is 0.180 e. The SMILES string of the molecule is NC/C=C(/F)COc1ccc(S(=O)(=O)CCO)cc1. The Kier molecular flexibility index (Phi) is 5.94. The first-order valence-corrected chi connectivity index (χ1v) is 7.26.